The van der Waals surface area contributed by atoms with Crippen LogP contribution in [0, 0.1) is 5.82 Å². The van der Waals surface area contributed by atoms with E-state index in [4.69, 9.17) is 4.74 Å². The molecule has 2 aromatic rings. The Balaban J connectivity index is 1.80. The Hall–Kier alpha value is -2.36. The molecule has 1 N–H and O–H groups in total. The van der Waals surface area contributed by atoms with E-state index in [0.29, 0.717) is 18.7 Å². The summed E-state index contributed by atoms with van der Waals surface area (Å²) in [5, 5.41) is 2.82. The fourth-order valence-electron chi connectivity index (χ4n) is 2.38. The molecule has 1 amide bonds. The van der Waals surface area contributed by atoms with Gasteiger partial charge in [0, 0.05) is 11.3 Å². The van der Waals surface area contributed by atoms with Gasteiger partial charge in [-0.1, -0.05) is 18.2 Å². The van der Waals surface area contributed by atoms with Gasteiger partial charge in [-0.05, 0) is 36.8 Å². The number of nitrogens with one attached hydrogen (secondary N) is 1. The maximum Gasteiger partial charge on any atom is 0.232 e. The molecule has 1 unspecified atom stereocenters. The van der Waals surface area contributed by atoms with Crippen molar-refractivity contribution in [3.63, 3.8) is 0 Å². The quantitative estimate of drug-likeness (QED) is 0.909. The predicted molar refractivity (Wildman–Crippen MR) is 74.3 cm³/mol. The topological polar surface area (TPSA) is 38.3 Å². The van der Waals surface area contributed by atoms with E-state index in [9.17, 15) is 9.18 Å². The molecular weight excluding hydrogens is 257 g/mol. The molecule has 0 aromatic heterocycles. The molecule has 3 nitrogen and oxygen atoms in total. The largest absolute Gasteiger partial charge is 0.493 e. The van der Waals surface area contributed by atoms with Crippen molar-refractivity contribution in [2.45, 2.75) is 12.3 Å². The molecule has 1 aliphatic rings. The number of benzene rings is 2. The van der Waals surface area contributed by atoms with Crippen molar-refractivity contribution in [3.05, 3.63) is 59.9 Å². The highest BCUT2D eigenvalue weighted by Crippen LogP contribution is 2.34. The van der Waals surface area contributed by atoms with Gasteiger partial charge >= 0.3 is 0 Å². The summed E-state index contributed by atoms with van der Waals surface area (Å²) in [6.45, 7) is 0.526. The smallest absolute Gasteiger partial charge is 0.232 e. The molecule has 1 heterocycles. The van der Waals surface area contributed by atoms with Gasteiger partial charge in [-0.25, -0.2) is 4.39 Å². The highest BCUT2D eigenvalue weighted by Gasteiger charge is 2.27. The second kappa shape index (κ2) is 5.33. The average molecular weight is 271 g/mol. The molecule has 1 atom stereocenters. The number of halogens is 1. The first-order chi connectivity index (χ1) is 9.74. The van der Waals surface area contributed by atoms with Crippen molar-refractivity contribution in [2.24, 2.45) is 0 Å². The van der Waals surface area contributed by atoms with Crippen LogP contribution in [0.5, 0.6) is 5.75 Å². The summed E-state index contributed by atoms with van der Waals surface area (Å²) in [6, 6.07) is 13.3. The van der Waals surface area contributed by atoms with Crippen molar-refractivity contribution in [3.8, 4) is 5.75 Å². The number of carbonyl (C=O) groups excluding carboxylic acids is 1. The van der Waals surface area contributed by atoms with Gasteiger partial charge < -0.3 is 10.1 Å². The standard InChI is InChI=1S/C16H14FNO2/c17-11-5-7-12(8-6-11)18-16(19)14-9-10-20-15-4-2-1-3-13(14)15/h1-8,14H,9-10H2,(H,18,19). The molecule has 102 valence electrons. The number of ether oxygens (including phenoxy) is 1. The Morgan fingerprint density at radius 2 is 1.90 bits per heavy atom. The first-order valence-corrected chi connectivity index (χ1v) is 6.52. The summed E-state index contributed by atoms with van der Waals surface area (Å²) in [4.78, 5) is 12.4. The first kappa shape index (κ1) is 12.7. The maximum absolute atomic E-state index is 12.8. The van der Waals surface area contributed by atoms with Gasteiger partial charge in [-0.2, -0.15) is 0 Å². The number of anilines is 1. The fourth-order valence-corrected chi connectivity index (χ4v) is 2.38. The Morgan fingerprint density at radius 3 is 2.70 bits per heavy atom. The third-order valence-corrected chi connectivity index (χ3v) is 3.39. The zero-order valence-electron chi connectivity index (χ0n) is 10.8. The van der Waals surface area contributed by atoms with Crippen molar-refractivity contribution < 1.29 is 13.9 Å². The molecular formula is C16H14FNO2. The van der Waals surface area contributed by atoms with Crippen LogP contribution in [-0.4, -0.2) is 12.5 Å². The van der Waals surface area contributed by atoms with Crippen molar-refractivity contribution in [1.82, 2.24) is 0 Å². The van der Waals surface area contributed by atoms with E-state index in [0.717, 1.165) is 11.3 Å². The minimum Gasteiger partial charge on any atom is -0.493 e. The van der Waals surface area contributed by atoms with Crippen LogP contribution in [0.4, 0.5) is 10.1 Å². The highest BCUT2D eigenvalue weighted by molar-refractivity contribution is 5.96. The van der Waals surface area contributed by atoms with E-state index in [2.05, 4.69) is 5.32 Å². The minimum absolute atomic E-state index is 0.0904. The van der Waals surface area contributed by atoms with E-state index >= 15 is 0 Å². The zero-order chi connectivity index (χ0) is 13.9. The Kier molecular flexibility index (Phi) is 3.37. The molecule has 3 rings (SSSR count). The lowest BCUT2D eigenvalue weighted by molar-refractivity contribution is -0.118. The lowest BCUT2D eigenvalue weighted by atomic mass is 9.92. The summed E-state index contributed by atoms with van der Waals surface area (Å²) >= 11 is 0. The Bertz CT molecular complexity index is 625. The highest BCUT2D eigenvalue weighted by atomic mass is 19.1. The first-order valence-electron chi connectivity index (χ1n) is 6.52. The Labute approximate surface area is 116 Å². The van der Waals surface area contributed by atoms with Gasteiger partial charge in [0.25, 0.3) is 0 Å². The van der Waals surface area contributed by atoms with E-state index in [-0.39, 0.29) is 17.6 Å². The van der Waals surface area contributed by atoms with Crippen molar-refractivity contribution in [2.75, 3.05) is 11.9 Å². The summed E-state index contributed by atoms with van der Waals surface area (Å²) < 4.78 is 18.4. The fraction of sp³-hybridized carbons (Fsp3) is 0.188. The Morgan fingerprint density at radius 1 is 1.15 bits per heavy atom. The minimum atomic E-state index is -0.320. The van der Waals surface area contributed by atoms with Gasteiger partial charge in [0.15, 0.2) is 0 Å². The number of para-hydroxylation sites is 1. The molecule has 0 fully saturated rings. The summed E-state index contributed by atoms with van der Waals surface area (Å²) in [7, 11) is 0. The molecule has 0 spiro atoms. The van der Waals surface area contributed by atoms with Crippen LogP contribution in [0.15, 0.2) is 48.5 Å². The molecule has 20 heavy (non-hydrogen) atoms. The second-order valence-electron chi connectivity index (χ2n) is 4.72. The number of hydrogen-bond donors (Lipinski definition) is 1. The summed E-state index contributed by atoms with van der Waals surface area (Å²) in [5.41, 5.74) is 1.50. The molecule has 0 saturated heterocycles. The van der Waals surface area contributed by atoms with Crippen LogP contribution < -0.4 is 10.1 Å². The molecule has 0 radical (unpaired) electrons. The third kappa shape index (κ3) is 2.50. The zero-order valence-corrected chi connectivity index (χ0v) is 10.8. The maximum atomic E-state index is 12.8. The van der Waals surface area contributed by atoms with Gasteiger partial charge in [0.05, 0.1) is 12.5 Å². The monoisotopic (exact) mass is 271 g/mol. The van der Waals surface area contributed by atoms with E-state index in [1.807, 2.05) is 24.3 Å². The number of hydrogen-bond acceptors (Lipinski definition) is 2. The van der Waals surface area contributed by atoms with Gasteiger partial charge in [0.1, 0.15) is 11.6 Å². The second-order valence-corrected chi connectivity index (χ2v) is 4.72. The number of carbonyl (C=O) groups is 1. The van der Waals surface area contributed by atoms with Crippen LogP contribution in [0.25, 0.3) is 0 Å². The molecule has 2 aromatic carbocycles. The summed E-state index contributed by atoms with van der Waals surface area (Å²) in [6.07, 6.45) is 0.643. The van der Waals surface area contributed by atoms with Crippen LogP contribution >= 0.6 is 0 Å². The number of rotatable bonds is 2. The lowest BCUT2D eigenvalue weighted by Gasteiger charge is -2.25. The van der Waals surface area contributed by atoms with E-state index in [1.54, 1.807) is 12.1 Å². The lowest BCUT2D eigenvalue weighted by Crippen LogP contribution is -2.26. The van der Waals surface area contributed by atoms with Crippen LogP contribution in [0.3, 0.4) is 0 Å². The van der Waals surface area contributed by atoms with Crippen LogP contribution in [-0.2, 0) is 4.79 Å². The van der Waals surface area contributed by atoms with Crippen molar-refractivity contribution >= 4 is 11.6 Å². The molecule has 1 aliphatic heterocycles. The van der Waals surface area contributed by atoms with Gasteiger partial charge in [0.2, 0.25) is 5.91 Å². The SMILES string of the molecule is O=C(Nc1ccc(F)cc1)C1CCOc2ccccc21. The molecule has 0 bridgehead atoms. The summed E-state index contributed by atoms with van der Waals surface area (Å²) in [5.74, 6) is 0.120. The average Bonchev–Trinajstić information content (AvgIpc) is 2.49. The molecule has 0 aliphatic carbocycles. The van der Waals surface area contributed by atoms with Gasteiger partial charge in [-0.3, -0.25) is 4.79 Å². The number of amides is 1. The predicted octanol–water partition coefficient (Wildman–Crippen LogP) is 3.33. The normalized spacial score (nSPS) is 16.9. The molecule has 4 heteroatoms. The van der Waals surface area contributed by atoms with Crippen LogP contribution in [0.2, 0.25) is 0 Å². The molecule has 0 saturated carbocycles. The third-order valence-electron chi connectivity index (χ3n) is 3.39. The number of fused-ring (bicyclic) bond motifs is 1. The van der Waals surface area contributed by atoms with Crippen molar-refractivity contribution in [1.29, 1.82) is 0 Å². The van der Waals surface area contributed by atoms with E-state index < -0.39 is 0 Å². The van der Waals surface area contributed by atoms with Crippen LogP contribution in [0.1, 0.15) is 17.9 Å². The van der Waals surface area contributed by atoms with Gasteiger partial charge in [-0.15, -0.1) is 0 Å². The van der Waals surface area contributed by atoms with E-state index in [1.165, 1.54) is 12.1 Å².